The molecule has 1 aliphatic rings. The average Bonchev–Trinajstić information content (AvgIpc) is 3.46. The Kier molecular flexibility index (Phi) is 11.2. The molecule has 4 N–H and O–H groups in total. The fourth-order valence-electron chi connectivity index (χ4n) is 3.75. The maximum atomic E-state index is 13.6. The molecule has 1 aromatic heterocycles. The lowest BCUT2D eigenvalue weighted by atomic mass is 10.1. The van der Waals surface area contributed by atoms with Gasteiger partial charge in [0.15, 0.2) is 11.6 Å². The van der Waals surface area contributed by atoms with E-state index in [1.807, 2.05) is 0 Å². The lowest BCUT2D eigenvalue weighted by molar-refractivity contribution is -0.155. The van der Waals surface area contributed by atoms with E-state index in [1.54, 1.807) is 38.3 Å². The van der Waals surface area contributed by atoms with Gasteiger partial charge in [-0.1, -0.05) is 30.0 Å². The number of hydrogen-bond donors (Lipinski definition) is 3. The lowest BCUT2D eigenvalue weighted by Gasteiger charge is -2.22. The van der Waals surface area contributed by atoms with Gasteiger partial charge in [0.2, 0.25) is 17.7 Å². The molecule has 4 amide bonds. The maximum absolute atomic E-state index is 13.6. The molecule has 0 unspecified atom stereocenters. The summed E-state index contributed by atoms with van der Waals surface area (Å²) in [5.41, 5.74) is 5.76. The van der Waals surface area contributed by atoms with Gasteiger partial charge in [0.05, 0.1) is 4.91 Å². The number of halogens is 2. The Morgan fingerprint density at radius 1 is 1.12 bits per heavy atom. The van der Waals surface area contributed by atoms with Crippen molar-refractivity contribution >= 4 is 75.3 Å². The van der Waals surface area contributed by atoms with Crippen LogP contribution in [-0.2, 0) is 28.7 Å². The minimum absolute atomic E-state index is 0.0912. The molecule has 0 radical (unpaired) electrons. The zero-order valence-corrected chi connectivity index (χ0v) is 26.1. The average molecular weight is 653 g/mol. The minimum Gasteiger partial charge on any atom is -0.460 e. The fourth-order valence-corrected chi connectivity index (χ4v) is 5.92. The zero-order valence-electron chi connectivity index (χ0n) is 23.7. The molecule has 1 fully saturated rings. The van der Waals surface area contributed by atoms with Crippen LogP contribution in [0.15, 0.2) is 34.6 Å². The molecule has 2 heterocycles. The van der Waals surface area contributed by atoms with Crippen LogP contribution in [0.2, 0.25) is 0 Å². The second-order valence-corrected chi connectivity index (χ2v) is 13.1. The number of ether oxygens (including phenoxy) is 1. The topological polar surface area (TPSA) is 148 Å². The Labute approximate surface area is 260 Å². The summed E-state index contributed by atoms with van der Waals surface area (Å²) < 4.78 is 32.2. The van der Waals surface area contributed by atoms with Crippen LogP contribution in [0.25, 0.3) is 17.2 Å². The second kappa shape index (κ2) is 14.2. The number of nitrogens with one attached hydrogen (secondary N) is 2. The number of thiophene rings is 1. The van der Waals surface area contributed by atoms with E-state index < -0.39 is 65.5 Å². The molecule has 1 aliphatic heterocycles. The third-order valence-corrected chi connectivity index (χ3v) is 8.07. The number of carbonyl (C=O) groups excluding carboxylic acids is 5. The highest BCUT2D eigenvalue weighted by molar-refractivity contribution is 8.26. The number of hydrogen-bond acceptors (Lipinski definition) is 9. The summed E-state index contributed by atoms with van der Waals surface area (Å²) in [7, 11) is 0. The summed E-state index contributed by atoms with van der Waals surface area (Å²) >= 11 is 7.55. The monoisotopic (exact) mass is 652 g/mol. The van der Waals surface area contributed by atoms with Crippen molar-refractivity contribution in [1.29, 1.82) is 0 Å². The van der Waals surface area contributed by atoms with Gasteiger partial charge in [0, 0.05) is 11.3 Å². The Morgan fingerprint density at radius 2 is 1.81 bits per heavy atom. The Hall–Kier alpha value is -3.69. The SMILES string of the molecule is C[C@H](NC(=O)CN1C(=O)C(=Cc2cc(-c3ccc(F)c(F)c3)cs2)SC1=S)C(=O)N[C@@H](CCC(=O)OC(C)(C)C)C(N)=O. The van der Waals surface area contributed by atoms with Gasteiger partial charge < -0.3 is 21.1 Å². The number of esters is 1. The minimum atomic E-state index is -1.17. The number of thiocarbonyl (C=S) groups is 1. The second-order valence-electron chi connectivity index (χ2n) is 10.5. The molecule has 0 saturated carbocycles. The van der Waals surface area contributed by atoms with Crippen LogP contribution >= 0.6 is 35.3 Å². The van der Waals surface area contributed by atoms with Crippen LogP contribution in [0.1, 0.15) is 45.4 Å². The van der Waals surface area contributed by atoms with Gasteiger partial charge in [-0.3, -0.25) is 28.9 Å². The molecule has 15 heteroatoms. The molecule has 1 aromatic carbocycles. The summed E-state index contributed by atoms with van der Waals surface area (Å²) in [5, 5.41) is 6.60. The van der Waals surface area contributed by atoms with Crippen molar-refractivity contribution in [3.05, 3.63) is 51.1 Å². The first kappa shape index (κ1) is 33.8. The lowest BCUT2D eigenvalue weighted by Crippen LogP contribution is -2.53. The Balaban J connectivity index is 1.56. The number of primary amides is 1. The van der Waals surface area contributed by atoms with E-state index in [0.29, 0.717) is 16.0 Å². The van der Waals surface area contributed by atoms with E-state index in [9.17, 15) is 32.8 Å². The van der Waals surface area contributed by atoms with Crippen LogP contribution < -0.4 is 16.4 Å². The molecule has 230 valence electrons. The van der Waals surface area contributed by atoms with Crippen LogP contribution in [0.5, 0.6) is 0 Å². The van der Waals surface area contributed by atoms with Crippen molar-refractivity contribution in [2.75, 3.05) is 6.54 Å². The van der Waals surface area contributed by atoms with Crippen LogP contribution in [0.4, 0.5) is 8.78 Å². The van der Waals surface area contributed by atoms with Gasteiger partial charge in [0.25, 0.3) is 5.91 Å². The summed E-state index contributed by atoms with van der Waals surface area (Å²) in [6, 6.07) is 3.00. The van der Waals surface area contributed by atoms with Gasteiger partial charge in [0.1, 0.15) is 28.6 Å². The van der Waals surface area contributed by atoms with E-state index >= 15 is 0 Å². The highest BCUT2D eigenvalue weighted by atomic mass is 32.2. The molecule has 0 spiro atoms. The van der Waals surface area contributed by atoms with E-state index in [-0.39, 0.29) is 22.1 Å². The molecule has 2 atom stereocenters. The van der Waals surface area contributed by atoms with E-state index in [2.05, 4.69) is 10.6 Å². The number of rotatable bonds is 11. The normalized spacial score (nSPS) is 15.8. The predicted octanol–water partition coefficient (Wildman–Crippen LogP) is 3.49. The van der Waals surface area contributed by atoms with E-state index in [0.717, 1.165) is 28.8 Å². The van der Waals surface area contributed by atoms with Gasteiger partial charge >= 0.3 is 5.97 Å². The summed E-state index contributed by atoms with van der Waals surface area (Å²) in [5.74, 6) is -5.25. The maximum Gasteiger partial charge on any atom is 0.306 e. The van der Waals surface area contributed by atoms with Crippen molar-refractivity contribution in [2.45, 2.75) is 58.2 Å². The van der Waals surface area contributed by atoms with Gasteiger partial charge in [-0.15, -0.1) is 11.3 Å². The standard InChI is InChI=1S/C28H30F2N4O6S3/c1-14(25(38)33-20(24(31)37)7-8-23(36)40-28(2,3)4)32-22(35)12-34-26(39)21(43-27(34)41)11-17-9-16(13-42-17)15-5-6-18(29)19(30)10-15/h5-6,9-11,13-14,20H,7-8,12H2,1-4H3,(H2,31,37)(H,32,35)(H,33,38)/t14-,20-/m0/s1. The molecule has 10 nitrogen and oxygen atoms in total. The third-order valence-electron chi connectivity index (χ3n) is 5.81. The smallest absolute Gasteiger partial charge is 0.306 e. The van der Waals surface area contributed by atoms with Gasteiger partial charge in [-0.25, -0.2) is 8.78 Å². The quantitative estimate of drug-likeness (QED) is 0.190. The molecule has 43 heavy (non-hydrogen) atoms. The van der Waals surface area contributed by atoms with Crippen molar-refractivity contribution in [3.8, 4) is 11.1 Å². The zero-order chi connectivity index (χ0) is 32.1. The predicted molar refractivity (Wildman–Crippen MR) is 163 cm³/mol. The largest absolute Gasteiger partial charge is 0.460 e. The first-order chi connectivity index (χ1) is 20.0. The highest BCUT2D eigenvalue weighted by Gasteiger charge is 2.34. The fraction of sp³-hybridized carbons (Fsp3) is 0.357. The number of thioether (sulfide) groups is 1. The third kappa shape index (κ3) is 9.66. The number of amides is 4. The van der Waals surface area contributed by atoms with Crippen molar-refractivity contribution in [1.82, 2.24) is 15.5 Å². The van der Waals surface area contributed by atoms with Crippen LogP contribution in [-0.4, -0.2) is 63.0 Å². The molecule has 1 saturated heterocycles. The molecule has 0 aliphatic carbocycles. The van der Waals surface area contributed by atoms with Crippen molar-refractivity contribution in [2.24, 2.45) is 5.73 Å². The van der Waals surface area contributed by atoms with Crippen molar-refractivity contribution < 1.29 is 37.5 Å². The summed E-state index contributed by atoms with van der Waals surface area (Å²) in [6.45, 7) is 6.01. The molecule has 0 bridgehead atoms. The molecular formula is C28H30F2N4O6S3. The molecule has 3 rings (SSSR count). The van der Waals surface area contributed by atoms with Crippen LogP contribution in [0.3, 0.4) is 0 Å². The van der Waals surface area contributed by atoms with Crippen LogP contribution in [0, 0.1) is 11.6 Å². The highest BCUT2D eigenvalue weighted by Crippen LogP contribution is 2.35. The van der Waals surface area contributed by atoms with E-state index in [1.165, 1.54) is 24.3 Å². The number of benzene rings is 1. The number of carbonyl (C=O) groups is 5. The molecule has 2 aromatic rings. The van der Waals surface area contributed by atoms with Gasteiger partial charge in [-0.2, -0.15) is 0 Å². The van der Waals surface area contributed by atoms with Gasteiger partial charge in [-0.05, 0) is 74.9 Å². The Morgan fingerprint density at radius 3 is 2.44 bits per heavy atom. The first-order valence-electron chi connectivity index (χ1n) is 12.9. The molecular weight excluding hydrogens is 623 g/mol. The first-order valence-corrected chi connectivity index (χ1v) is 15.0. The Bertz CT molecular complexity index is 1490. The van der Waals surface area contributed by atoms with Crippen molar-refractivity contribution in [3.63, 3.8) is 0 Å². The summed E-state index contributed by atoms with van der Waals surface area (Å²) in [6.07, 6.45) is 1.33. The number of nitrogens with two attached hydrogens (primary N) is 1. The number of nitrogens with zero attached hydrogens (tertiary/aromatic N) is 1. The summed E-state index contributed by atoms with van der Waals surface area (Å²) in [4.78, 5) is 64.0. The van der Waals surface area contributed by atoms with E-state index in [4.69, 9.17) is 22.7 Å².